The van der Waals surface area contributed by atoms with Gasteiger partial charge in [0.15, 0.2) is 0 Å². The lowest BCUT2D eigenvalue weighted by atomic mass is 9.60. The van der Waals surface area contributed by atoms with Crippen molar-refractivity contribution in [2.45, 2.75) is 25.4 Å². The monoisotopic (exact) mass is 521 g/mol. The molecule has 3 aliphatic heterocycles. The molecule has 0 aromatic carbocycles. The first-order valence-corrected chi connectivity index (χ1v) is 11.6. The lowest BCUT2D eigenvalue weighted by Gasteiger charge is -2.46. The van der Waals surface area contributed by atoms with Gasteiger partial charge in [0.05, 0.1) is 23.4 Å². The lowest BCUT2D eigenvalue weighted by molar-refractivity contribution is -0.192. The molecule has 198 valence electrons. The number of rotatable bonds is 2. The first-order valence-electron chi connectivity index (χ1n) is 11.6. The Labute approximate surface area is 210 Å². The van der Waals surface area contributed by atoms with Crippen molar-refractivity contribution in [1.82, 2.24) is 30.0 Å². The number of amides is 2. The molecule has 2 spiro atoms. The quantitative estimate of drug-likeness (QED) is 0.624. The standard InChI is InChI=1S/C21H25N7O2.C2HF3O2/c1-26-10-6-21(18(26)30)15-28(19-22-7-2-8-23-19)14-20(21)4-11-27(12-5-20)17(29)16-3-9-24-25-13-16;3-2(4,5)1(6)7/h2-3,7-9,13H,4-6,10-12,14-15H2,1H3;(H,6,7). The number of halogens is 3. The van der Waals surface area contributed by atoms with Crippen LogP contribution in [-0.4, -0.2) is 98.8 Å². The van der Waals surface area contributed by atoms with Crippen molar-refractivity contribution in [2.75, 3.05) is 44.7 Å². The van der Waals surface area contributed by atoms with Gasteiger partial charge in [0.2, 0.25) is 11.9 Å². The summed E-state index contributed by atoms with van der Waals surface area (Å²) < 4.78 is 31.7. The second kappa shape index (κ2) is 9.90. The second-order valence-corrected chi connectivity index (χ2v) is 9.47. The maximum atomic E-state index is 13.4. The predicted octanol–water partition coefficient (Wildman–Crippen LogP) is 1.49. The van der Waals surface area contributed by atoms with E-state index in [1.54, 1.807) is 24.5 Å². The van der Waals surface area contributed by atoms with Crippen LogP contribution in [0.4, 0.5) is 19.1 Å². The Bertz CT molecular complexity index is 1140. The fourth-order valence-corrected chi connectivity index (χ4v) is 5.61. The fraction of sp³-hybridized carbons (Fsp3) is 0.522. The summed E-state index contributed by atoms with van der Waals surface area (Å²) >= 11 is 0. The van der Waals surface area contributed by atoms with Crippen LogP contribution in [0.25, 0.3) is 0 Å². The van der Waals surface area contributed by atoms with Crippen molar-refractivity contribution < 1.29 is 32.7 Å². The normalized spacial score (nSPS) is 22.8. The van der Waals surface area contributed by atoms with Gasteiger partial charge in [-0.15, -0.1) is 0 Å². The number of hydrogen-bond donors (Lipinski definition) is 1. The molecule has 11 nitrogen and oxygen atoms in total. The Morgan fingerprint density at radius 2 is 1.65 bits per heavy atom. The average molecular weight is 522 g/mol. The van der Waals surface area contributed by atoms with Crippen molar-refractivity contribution in [3.8, 4) is 0 Å². The Morgan fingerprint density at radius 3 is 2.16 bits per heavy atom. The maximum Gasteiger partial charge on any atom is 0.490 e. The number of carboxylic acids is 1. The van der Waals surface area contributed by atoms with Gasteiger partial charge in [0.25, 0.3) is 5.91 Å². The van der Waals surface area contributed by atoms with Gasteiger partial charge >= 0.3 is 12.1 Å². The zero-order valence-corrected chi connectivity index (χ0v) is 20.1. The molecule has 0 radical (unpaired) electrons. The molecular weight excluding hydrogens is 495 g/mol. The summed E-state index contributed by atoms with van der Waals surface area (Å²) in [5.41, 5.74) is -0.0617. The predicted molar refractivity (Wildman–Crippen MR) is 122 cm³/mol. The van der Waals surface area contributed by atoms with E-state index in [4.69, 9.17) is 9.90 Å². The number of likely N-dealkylation sites (tertiary alicyclic amines) is 2. The van der Waals surface area contributed by atoms with E-state index < -0.39 is 17.6 Å². The van der Waals surface area contributed by atoms with Crippen LogP contribution in [0.1, 0.15) is 29.6 Å². The minimum Gasteiger partial charge on any atom is -0.475 e. The van der Waals surface area contributed by atoms with Crippen molar-refractivity contribution in [2.24, 2.45) is 10.8 Å². The summed E-state index contributed by atoms with van der Waals surface area (Å²) in [6.45, 7) is 3.42. The first kappa shape index (κ1) is 26.2. The molecule has 1 N–H and O–H groups in total. The molecule has 2 amide bonds. The highest BCUT2D eigenvalue weighted by Crippen LogP contribution is 2.58. The highest BCUT2D eigenvalue weighted by molar-refractivity contribution is 5.94. The number of aromatic nitrogens is 4. The number of alkyl halides is 3. The molecule has 0 saturated carbocycles. The van der Waals surface area contributed by atoms with E-state index in [1.807, 2.05) is 16.8 Å². The Kier molecular flexibility index (Phi) is 7.02. The average Bonchev–Trinajstić information content (AvgIpc) is 3.37. The van der Waals surface area contributed by atoms with Crippen molar-refractivity contribution in [3.05, 3.63) is 42.5 Å². The van der Waals surface area contributed by atoms with Gasteiger partial charge in [-0.25, -0.2) is 14.8 Å². The van der Waals surface area contributed by atoms with Crippen molar-refractivity contribution in [3.63, 3.8) is 0 Å². The van der Waals surface area contributed by atoms with Gasteiger partial charge in [-0.3, -0.25) is 9.59 Å². The number of piperidine rings is 1. The highest BCUT2D eigenvalue weighted by atomic mass is 19.4. The summed E-state index contributed by atoms with van der Waals surface area (Å²) in [6.07, 6.45) is 3.87. The fourth-order valence-electron chi connectivity index (χ4n) is 5.61. The largest absolute Gasteiger partial charge is 0.490 e. The van der Waals surface area contributed by atoms with Crippen LogP contribution >= 0.6 is 0 Å². The molecule has 37 heavy (non-hydrogen) atoms. The molecule has 0 bridgehead atoms. The molecule has 14 heteroatoms. The van der Waals surface area contributed by atoms with Crippen LogP contribution < -0.4 is 4.90 Å². The summed E-state index contributed by atoms with van der Waals surface area (Å²) in [6, 6.07) is 3.50. The third-order valence-corrected chi connectivity index (χ3v) is 7.52. The van der Waals surface area contributed by atoms with Gasteiger partial charge in [0.1, 0.15) is 0 Å². The molecule has 5 rings (SSSR count). The third-order valence-electron chi connectivity index (χ3n) is 7.52. The maximum absolute atomic E-state index is 13.4. The van der Waals surface area contributed by atoms with Gasteiger partial charge in [-0.2, -0.15) is 23.4 Å². The summed E-state index contributed by atoms with van der Waals surface area (Å²) in [7, 11) is 1.89. The highest BCUT2D eigenvalue weighted by Gasteiger charge is 2.65. The second-order valence-electron chi connectivity index (χ2n) is 9.47. The van der Waals surface area contributed by atoms with Gasteiger partial charge in [-0.1, -0.05) is 0 Å². The van der Waals surface area contributed by atoms with E-state index in [0.717, 1.165) is 32.4 Å². The number of nitrogens with zero attached hydrogens (tertiary/aromatic N) is 7. The van der Waals surface area contributed by atoms with E-state index in [0.29, 0.717) is 31.1 Å². The molecule has 3 aliphatic rings. The van der Waals surface area contributed by atoms with Gasteiger partial charge in [0, 0.05) is 57.6 Å². The number of aliphatic carboxylic acids is 1. The SMILES string of the molecule is CN1CCC2(CN(c3ncccn3)CC23CCN(C(=O)c2ccnnc2)CC3)C1=O.O=C(O)C(F)(F)F. The number of carbonyl (C=O) groups excluding carboxylic acids is 2. The first-order chi connectivity index (χ1) is 17.5. The van der Waals surface area contributed by atoms with E-state index in [-0.39, 0.29) is 17.2 Å². The van der Waals surface area contributed by atoms with E-state index in [9.17, 15) is 22.8 Å². The minimum atomic E-state index is -5.08. The van der Waals surface area contributed by atoms with Crippen LogP contribution in [0.3, 0.4) is 0 Å². The van der Waals surface area contributed by atoms with Crippen LogP contribution in [0.2, 0.25) is 0 Å². The number of anilines is 1. The molecule has 3 fully saturated rings. The molecule has 1 unspecified atom stereocenters. The van der Waals surface area contributed by atoms with E-state index in [1.165, 1.54) is 12.4 Å². The number of carboxylic acid groups (broad SMARTS) is 1. The summed E-state index contributed by atoms with van der Waals surface area (Å²) in [5.74, 6) is -1.88. The van der Waals surface area contributed by atoms with Crippen LogP contribution in [0, 0.1) is 10.8 Å². The number of hydrogen-bond acceptors (Lipinski definition) is 8. The number of fused-ring (bicyclic) bond motifs is 1. The van der Waals surface area contributed by atoms with E-state index >= 15 is 0 Å². The Balaban J connectivity index is 0.000000405. The molecule has 0 aliphatic carbocycles. The Hall–Kier alpha value is -3.84. The smallest absolute Gasteiger partial charge is 0.475 e. The zero-order chi connectivity index (χ0) is 26.8. The van der Waals surface area contributed by atoms with Crippen LogP contribution in [-0.2, 0) is 9.59 Å². The van der Waals surface area contributed by atoms with Crippen LogP contribution in [0.15, 0.2) is 36.9 Å². The molecular formula is C23H26F3N7O4. The minimum absolute atomic E-state index is 0.0232. The van der Waals surface area contributed by atoms with E-state index in [2.05, 4.69) is 25.1 Å². The van der Waals surface area contributed by atoms with Crippen LogP contribution in [0.5, 0.6) is 0 Å². The zero-order valence-electron chi connectivity index (χ0n) is 20.1. The lowest BCUT2D eigenvalue weighted by Crippen LogP contribution is -2.53. The van der Waals surface area contributed by atoms with Gasteiger partial charge < -0.3 is 19.8 Å². The molecule has 1 atom stereocenters. The summed E-state index contributed by atoms with van der Waals surface area (Å²) in [5, 5.41) is 14.7. The molecule has 2 aromatic rings. The van der Waals surface area contributed by atoms with Crippen molar-refractivity contribution in [1.29, 1.82) is 0 Å². The molecule has 3 saturated heterocycles. The molecule has 5 heterocycles. The van der Waals surface area contributed by atoms with Gasteiger partial charge in [-0.05, 0) is 31.4 Å². The number of carbonyl (C=O) groups is 3. The third kappa shape index (κ3) is 4.91. The molecule has 2 aromatic heterocycles. The topological polar surface area (TPSA) is 133 Å². The van der Waals surface area contributed by atoms with Crippen molar-refractivity contribution >= 4 is 23.7 Å². The Morgan fingerprint density at radius 1 is 1.00 bits per heavy atom. The summed E-state index contributed by atoms with van der Waals surface area (Å²) in [4.78, 5) is 49.9.